The molecule has 0 amide bonds. The minimum absolute atomic E-state index is 1.14. The summed E-state index contributed by atoms with van der Waals surface area (Å²) in [5, 5.41) is 0. The summed E-state index contributed by atoms with van der Waals surface area (Å²) in [7, 11) is -4.94. The van der Waals surface area contributed by atoms with Crippen molar-refractivity contribution in [2.24, 2.45) is 0 Å². The zero-order valence-corrected chi connectivity index (χ0v) is 10.3. The number of rotatable bonds is 1. The lowest BCUT2D eigenvalue weighted by atomic mass is 10.2. The molecule has 6 nitrogen and oxygen atoms in total. The first-order valence-electron chi connectivity index (χ1n) is 4.86. The van der Waals surface area contributed by atoms with Gasteiger partial charge in [0.05, 0.1) is 6.20 Å². The van der Waals surface area contributed by atoms with E-state index in [4.69, 9.17) is 18.6 Å². The second-order valence-electron chi connectivity index (χ2n) is 3.38. The molecule has 0 aliphatic rings. The zero-order valence-electron chi connectivity index (χ0n) is 9.52. The highest BCUT2D eigenvalue weighted by Crippen LogP contribution is 2.01. The Bertz CT molecular complexity index is 465. The Labute approximate surface area is 106 Å². The van der Waals surface area contributed by atoms with Crippen molar-refractivity contribution in [3.05, 3.63) is 54.6 Å². The molecule has 0 bridgehead atoms. The van der Waals surface area contributed by atoms with Crippen LogP contribution in [0.4, 0.5) is 0 Å². The van der Waals surface area contributed by atoms with E-state index in [0.29, 0.717) is 0 Å². The van der Waals surface area contributed by atoms with E-state index >= 15 is 0 Å². The molecule has 0 unspecified atom stereocenters. The quantitative estimate of drug-likeness (QED) is 0.510. The van der Waals surface area contributed by atoms with Gasteiger partial charge >= 0.3 is 0 Å². The molecule has 0 N–H and O–H groups in total. The number of halogens is 1. The maximum atomic E-state index is 8.49. The first-order valence-corrected chi connectivity index (χ1v) is 6.10. The van der Waals surface area contributed by atoms with Gasteiger partial charge in [-0.25, -0.2) is 23.2 Å². The fourth-order valence-corrected chi connectivity index (χ4v) is 1.20. The average molecular weight is 271 g/mol. The van der Waals surface area contributed by atoms with Gasteiger partial charge in [-0.05, 0) is 19.1 Å². The van der Waals surface area contributed by atoms with Crippen LogP contribution in [0.25, 0.3) is 5.69 Å². The van der Waals surface area contributed by atoms with E-state index in [1.54, 1.807) is 12.5 Å². The largest absolute Gasteiger partial charge is 0.291 e. The third kappa shape index (κ3) is 6.24. The Kier molecular flexibility index (Phi) is 5.14. The molecule has 7 heteroatoms. The molecule has 18 heavy (non-hydrogen) atoms. The third-order valence-electron chi connectivity index (χ3n) is 1.94. The summed E-state index contributed by atoms with van der Waals surface area (Å²) in [5.41, 5.74) is 2.41. The average Bonchev–Trinajstić information content (AvgIpc) is 2.29. The van der Waals surface area contributed by atoms with Gasteiger partial charge in [0.25, 0.3) is 6.33 Å². The normalized spacial score (nSPS) is 10.5. The number of hydrogen-bond donors (Lipinski definition) is 0. The fraction of sp³-hybridized carbons (Fsp3) is 0.0909. The molecular formula is C11H11ClN2O4. The predicted molar refractivity (Wildman–Crippen MR) is 50.5 cm³/mol. The molecule has 96 valence electrons. The molecule has 0 aliphatic carbocycles. The minimum atomic E-state index is -4.94. The van der Waals surface area contributed by atoms with Crippen LogP contribution in [-0.4, -0.2) is 4.98 Å². The van der Waals surface area contributed by atoms with Crippen LogP contribution >= 0.6 is 0 Å². The van der Waals surface area contributed by atoms with E-state index in [1.807, 2.05) is 16.8 Å². The molecule has 1 heterocycles. The van der Waals surface area contributed by atoms with Crippen LogP contribution in [0, 0.1) is 17.2 Å². The topological polar surface area (TPSA) is 109 Å². The van der Waals surface area contributed by atoms with Gasteiger partial charge in [0.15, 0.2) is 0 Å². The maximum Gasteiger partial charge on any atom is 0.291 e. The number of aryl methyl sites for hydroxylation is 1. The number of hydrogen-bond acceptors (Lipinski definition) is 5. The van der Waals surface area contributed by atoms with Crippen molar-refractivity contribution in [3.8, 4) is 5.69 Å². The molecule has 0 fully saturated rings. The summed E-state index contributed by atoms with van der Waals surface area (Å²) in [5.74, 6) is 0. The molecule has 0 saturated carbocycles. The first-order chi connectivity index (χ1) is 8.36. The number of aromatic nitrogens is 2. The standard InChI is InChI=1S/C11H11N2.ClHO4/c1-10-3-5-11(6-4-10)13-8-2-7-12-9-13;2-1(3,4)5/h2-9H,1H3;(H,2,3,4,5)/q+1;/p-1. The highest BCUT2D eigenvalue weighted by atomic mass is 35.7. The van der Waals surface area contributed by atoms with Crippen LogP contribution in [-0.2, 0) is 0 Å². The maximum absolute atomic E-state index is 8.49. The summed E-state index contributed by atoms with van der Waals surface area (Å²) in [6.07, 6.45) is 5.55. The first kappa shape index (κ1) is 14.5. The van der Waals surface area contributed by atoms with Crippen molar-refractivity contribution in [2.75, 3.05) is 0 Å². The summed E-state index contributed by atoms with van der Waals surface area (Å²) in [6.45, 7) is 2.08. The minimum Gasteiger partial charge on any atom is -0.222 e. The van der Waals surface area contributed by atoms with Gasteiger partial charge in [0, 0.05) is 6.07 Å². The van der Waals surface area contributed by atoms with E-state index in [2.05, 4.69) is 36.2 Å². The van der Waals surface area contributed by atoms with Crippen LogP contribution in [0.5, 0.6) is 0 Å². The molecule has 0 spiro atoms. The predicted octanol–water partition coefficient (Wildman–Crippen LogP) is -3.09. The second-order valence-corrected chi connectivity index (χ2v) is 4.13. The Balaban J connectivity index is 0.000000280. The van der Waals surface area contributed by atoms with Crippen molar-refractivity contribution in [1.29, 1.82) is 0 Å². The van der Waals surface area contributed by atoms with Crippen LogP contribution < -0.4 is 23.2 Å². The molecule has 1 aromatic carbocycles. The molecule has 0 aliphatic heterocycles. The van der Waals surface area contributed by atoms with Gasteiger partial charge in [0.1, 0.15) is 11.9 Å². The molecule has 2 rings (SSSR count). The van der Waals surface area contributed by atoms with Crippen LogP contribution in [0.3, 0.4) is 0 Å². The van der Waals surface area contributed by atoms with Gasteiger partial charge < -0.3 is 0 Å². The SMILES string of the molecule is Cc1ccc(-[n+]2cccnc2)cc1.[O-][Cl+3]([O-])([O-])[O-]. The van der Waals surface area contributed by atoms with Gasteiger partial charge in [-0.15, -0.1) is 10.2 Å². The zero-order chi connectivity index (χ0) is 13.6. The Morgan fingerprint density at radius 1 is 1.06 bits per heavy atom. The molecule has 2 aromatic rings. The Morgan fingerprint density at radius 3 is 2.06 bits per heavy atom. The van der Waals surface area contributed by atoms with Crippen LogP contribution in [0.15, 0.2) is 49.1 Å². The van der Waals surface area contributed by atoms with Crippen LogP contribution in [0.2, 0.25) is 0 Å². The van der Waals surface area contributed by atoms with Crippen molar-refractivity contribution in [1.82, 2.24) is 4.98 Å². The summed E-state index contributed by atoms with van der Waals surface area (Å²) in [6, 6.07) is 10.3. The van der Waals surface area contributed by atoms with E-state index in [-0.39, 0.29) is 0 Å². The Morgan fingerprint density at radius 2 is 1.61 bits per heavy atom. The van der Waals surface area contributed by atoms with Gasteiger partial charge in [-0.3, -0.25) is 0 Å². The summed E-state index contributed by atoms with van der Waals surface area (Å²) >= 11 is 0. The highest BCUT2D eigenvalue weighted by molar-refractivity contribution is 5.26. The van der Waals surface area contributed by atoms with Gasteiger partial charge in [0.2, 0.25) is 0 Å². The fourth-order valence-electron chi connectivity index (χ4n) is 1.20. The van der Waals surface area contributed by atoms with E-state index in [0.717, 1.165) is 5.69 Å². The molecule has 1 aromatic heterocycles. The summed E-state index contributed by atoms with van der Waals surface area (Å²) in [4.78, 5) is 4.05. The van der Waals surface area contributed by atoms with Gasteiger partial charge in [-0.2, -0.15) is 0 Å². The van der Waals surface area contributed by atoms with E-state index in [9.17, 15) is 0 Å². The summed E-state index contributed by atoms with van der Waals surface area (Å²) < 4.78 is 36.0. The Hall–Kier alpha value is -1.57. The van der Waals surface area contributed by atoms with Crippen molar-refractivity contribution >= 4 is 0 Å². The van der Waals surface area contributed by atoms with Crippen molar-refractivity contribution in [3.63, 3.8) is 0 Å². The number of nitrogens with zero attached hydrogens (tertiary/aromatic N) is 2. The van der Waals surface area contributed by atoms with Crippen LogP contribution in [0.1, 0.15) is 5.56 Å². The molecule has 0 radical (unpaired) electrons. The molecule has 0 atom stereocenters. The lowest BCUT2D eigenvalue weighted by molar-refractivity contribution is -2.00. The molecular weight excluding hydrogens is 260 g/mol. The lowest BCUT2D eigenvalue weighted by Gasteiger charge is -2.17. The molecule has 0 saturated heterocycles. The third-order valence-corrected chi connectivity index (χ3v) is 1.94. The van der Waals surface area contributed by atoms with E-state index < -0.39 is 10.2 Å². The smallest absolute Gasteiger partial charge is 0.222 e. The van der Waals surface area contributed by atoms with Crippen molar-refractivity contribution < 1.29 is 33.4 Å². The number of benzene rings is 1. The highest BCUT2D eigenvalue weighted by Gasteiger charge is 1.98. The monoisotopic (exact) mass is 270 g/mol. The van der Waals surface area contributed by atoms with Gasteiger partial charge in [-0.1, -0.05) is 22.7 Å². The second kappa shape index (κ2) is 6.39. The lowest BCUT2D eigenvalue weighted by Crippen LogP contribution is -2.68. The van der Waals surface area contributed by atoms with Crippen molar-refractivity contribution in [2.45, 2.75) is 6.92 Å². The van der Waals surface area contributed by atoms with E-state index in [1.165, 1.54) is 5.56 Å².